The van der Waals surface area contributed by atoms with Crippen molar-refractivity contribution in [3.8, 4) is 5.75 Å². The van der Waals surface area contributed by atoms with Crippen molar-refractivity contribution in [2.75, 3.05) is 7.11 Å². The Balaban J connectivity index is 1.57. The molecule has 1 aliphatic rings. The Labute approximate surface area is 247 Å². The SMILES string of the molecule is COc1ccc(CN(C(=O)Cn2cnc3c2c(=O)n(C)c(=O)n3C)[C@@H](C(=O)NC2CCCCC2)c2ccc(F)cc2)cc1. The summed E-state index contributed by atoms with van der Waals surface area (Å²) in [6, 6.07) is 11.6. The van der Waals surface area contributed by atoms with Crippen molar-refractivity contribution in [1.82, 2.24) is 28.9 Å². The maximum absolute atomic E-state index is 14.2. The molecule has 2 amide bonds. The van der Waals surface area contributed by atoms with Gasteiger partial charge in [0, 0.05) is 26.7 Å². The van der Waals surface area contributed by atoms with E-state index in [-0.39, 0.29) is 36.2 Å². The molecule has 0 aliphatic heterocycles. The van der Waals surface area contributed by atoms with Crippen molar-refractivity contribution in [1.29, 1.82) is 0 Å². The van der Waals surface area contributed by atoms with Crippen molar-refractivity contribution >= 4 is 23.0 Å². The number of hydrogen-bond donors (Lipinski definition) is 1. The number of ether oxygens (including phenoxy) is 1. The molecule has 4 aromatic rings. The third kappa shape index (κ3) is 6.23. The van der Waals surface area contributed by atoms with Gasteiger partial charge in [-0.15, -0.1) is 0 Å². The number of fused-ring (bicyclic) bond motifs is 1. The number of nitrogens with zero attached hydrogens (tertiary/aromatic N) is 5. The Bertz CT molecular complexity index is 1740. The van der Waals surface area contributed by atoms with E-state index in [0.29, 0.717) is 11.3 Å². The zero-order valence-electron chi connectivity index (χ0n) is 24.5. The van der Waals surface area contributed by atoms with Gasteiger partial charge in [0.15, 0.2) is 11.2 Å². The average Bonchev–Trinajstić information content (AvgIpc) is 3.44. The molecule has 1 fully saturated rings. The fourth-order valence-corrected chi connectivity index (χ4v) is 5.65. The highest BCUT2D eigenvalue weighted by Gasteiger charge is 2.33. The van der Waals surface area contributed by atoms with Crippen molar-refractivity contribution in [3.63, 3.8) is 0 Å². The number of hydrogen-bond acceptors (Lipinski definition) is 6. The minimum atomic E-state index is -1.08. The fourth-order valence-electron chi connectivity index (χ4n) is 5.65. The van der Waals surface area contributed by atoms with Crippen LogP contribution in [0, 0.1) is 5.82 Å². The van der Waals surface area contributed by atoms with E-state index in [1.807, 2.05) is 0 Å². The third-order valence-electron chi connectivity index (χ3n) is 8.05. The Hall–Kier alpha value is -4.74. The van der Waals surface area contributed by atoms with E-state index in [2.05, 4.69) is 10.3 Å². The molecule has 12 heteroatoms. The van der Waals surface area contributed by atoms with Crippen LogP contribution < -0.4 is 21.3 Å². The van der Waals surface area contributed by atoms with Crippen LogP contribution in [0.4, 0.5) is 4.39 Å². The molecule has 2 aromatic carbocycles. The van der Waals surface area contributed by atoms with E-state index in [4.69, 9.17) is 4.74 Å². The summed E-state index contributed by atoms with van der Waals surface area (Å²) in [5, 5.41) is 3.13. The van der Waals surface area contributed by atoms with Gasteiger partial charge in [0.25, 0.3) is 5.56 Å². The van der Waals surface area contributed by atoms with Crippen molar-refractivity contribution < 1.29 is 18.7 Å². The van der Waals surface area contributed by atoms with Gasteiger partial charge in [-0.1, -0.05) is 43.5 Å². The zero-order chi connectivity index (χ0) is 30.7. The van der Waals surface area contributed by atoms with Crippen LogP contribution in [-0.2, 0) is 36.8 Å². The molecule has 2 heterocycles. The Morgan fingerprint density at radius 2 is 1.70 bits per heavy atom. The lowest BCUT2D eigenvalue weighted by molar-refractivity contribution is -0.142. The molecule has 0 bridgehead atoms. The summed E-state index contributed by atoms with van der Waals surface area (Å²) < 4.78 is 22.8. The smallest absolute Gasteiger partial charge is 0.332 e. The molecule has 2 aromatic heterocycles. The lowest BCUT2D eigenvalue weighted by Crippen LogP contribution is -2.47. The average molecular weight is 591 g/mol. The van der Waals surface area contributed by atoms with Gasteiger partial charge in [-0.3, -0.25) is 23.5 Å². The summed E-state index contributed by atoms with van der Waals surface area (Å²) >= 11 is 0. The third-order valence-corrected chi connectivity index (χ3v) is 8.05. The van der Waals surface area contributed by atoms with E-state index < -0.39 is 29.0 Å². The molecule has 1 N–H and O–H groups in total. The molecule has 1 saturated carbocycles. The van der Waals surface area contributed by atoms with E-state index >= 15 is 0 Å². The predicted molar refractivity (Wildman–Crippen MR) is 158 cm³/mol. The van der Waals surface area contributed by atoms with Crippen LogP contribution in [0.5, 0.6) is 5.75 Å². The first kappa shape index (κ1) is 29.7. The van der Waals surface area contributed by atoms with E-state index in [1.54, 1.807) is 31.4 Å². The van der Waals surface area contributed by atoms with Gasteiger partial charge in [0.05, 0.1) is 13.4 Å². The van der Waals surface area contributed by atoms with Crippen molar-refractivity contribution in [3.05, 3.63) is 92.6 Å². The van der Waals surface area contributed by atoms with Gasteiger partial charge < -0.3 is 19.5 Å². The van der Waals surface area contributed by atoms with Gasteiger partial charge in [-0.05, 0) is 48.2 Å². The van der Waals surface area contributed by atoms with Crippen molar-refractivity contribution in [2.24, 2.45) is 14.1 Å². The highest BCUT2D eigenvalue weighted by Crippen LogP contribution is 2.27. The van der Waals surface area contributed by atoms with Gasteiger partial charge in [-0.2, -0.15) is 0 Å². The summed E-state index contributed by atoms with van der Waals surface area (Å²) in [4.78, 5) is 59.4. The number of rotatable bonds is 9. The molecular formula is C31H35FN6O5. The second kappa shape index (κ2) is 12.6. The molecule has 226 valence electrons. The number of carbonyl (C=O) groups excluding carboxylic acids is 2. The first-order valence-electron chi connectivity index (χ1n) is 14.3. The minimum absolute atomic E-state index is 0.0240. The molecule has 0 unspecified atom stereocenters. The van der Waals surface area contributed by atoms with Crippen LogP contribution in [0.1, 0.15) is 49.3 Å². The fraction of sp³-hybridized carbons (Fsp3) is 0.387. The Kier molecular flexibility index (Phi) is 8.74. The van der Waals surface area contributed by atoms with Gasteiger partial charge in [0.1, 0.15) is 24.2 Å². The number of nitrogens with one attached hydrogen (secondary N) is 1. The van der Waals surface area contributed by atoms with E-state index in [0.717, 1.165) is 42.2 Å². The van der Waals surface area contributed by atoms with Crippen LogP contribution >= 0.6 is 0 Å². The zero-order valence-corrected chi connectivity index (χ0v) is 24.5. The summed E-state index contributed by atoms with van der Waals surface area (Å²) in [5.41, 5.74) is 0.298. The number of aromatic nitrogens is 4. The molecule has 0 saturated heterocycles. The lowest BCUT2D eigenvalue weighted by atomic mass is 9.94. The van der Waals surface area contributed by atoms with Crippen LogP contribution in [0.2, 0.25) is 0 Å². The van der Waals surface area contributed by atoms with Gasteiger partial charge in [0.2, 0.25) is 11.8 Å². The number of benzene rings is 2. The second-order valence-corrected chi connectivity index (χ2v) is 10.9. The van der Waals surface area contributed by atoms with Crippen LogP contribution in [-0.4, -0.2) is 48.6 Å². The molecule has 43 heavy (non-hydrogen) atoms. The normalized spacial score (nSPS) is 14.4. The molecule has 0 spiro atoms. The topological polar surface area (TPSA) is 120 Å². The highest BCUT2D eigenvalue weighted by atomic mass is 19.1. The van der Waals surface area contributed by atoms with Crippen LogP contribution in [0.25, 0.3) is 11.2 Å². The quantitative estimate of drug-likeness (QED) is 0.320. The molecule has 1 aliphatic carbocycles. The van der Waals surface area contributed by atoms with Crippen LogP contribution in [0.15, 0.2) is 64.4 Å². The first-order chi connectivity index (χ1) is 20.7. The largest absolute Gasteiger partial charge is 0.497 e. The number of aryl methyl sites for hydroxylation is 1. The maximum atomic E-state index is 14.2. The molecular weight excluding hydrogens is 555 g/mol. The summed E-state index contributed by atoms with van der Waals surface area (Å²) in [6.45, 7) is -0.277. The number of methoxy groups -OCH3 is 1. The van der Waals surface area contributed by atoms with Gasteiger partial charge in [-0.25, -0.2) is 14.2 Å². The first-order valence-corrected chi connectivity index (χ1v) is 14.3. The molecule has 11 nitrogen and oxygen atoms in total. The standard InChI is InChI=1S/C31H35FN6O5/c1-35-28-27(30(41)36(2)31(35)42)37(19-33-28)18-25(39)38(17-20-9-15-24(43-3)16-10-20)26(21-11-13-22(32)14-12-21)29(40)34-23-7-5-4-6-8-23/h9-16,19,23,26H,4-8,17-18H2,1-3H3,(H,34,40)/t26-/m1/s1. The van der Waals surface area contributed by atoms with Gasteiger partial charge >= 0.3 is 5.69 Å². The number of halogens is 1. The second-order valence-electron chi connectivity index (χ2n) is 10.9. The maximum Gasteiger partial charge on any atom is 0.332 e. The minimum Gasteiger partial charge on any atom is -0.497 e. The summed E-state index contributed by atoms with van der Waals surface area (Å²) in [7, 11) is 4.42. The Morgan fingerprint density at radius 1 is 1.02 bits per heavy atom. The summed E-state index contributed by atoms with van der Waals surface area (Å²) in [5.74, 6) is -0.666. The lowest BCUT2D eigenvalue weighted by Gasteiger charge is -2.33. The predicted octanol–water partition coefficient (Wildman–Crippen LogP) is 2.80. The Morgan fingerprint density at radius 3 is 2.35 bits per heavy atom. The highest BCUT2D eigenvalue weighted by molar-refractivity contribution is 5.89. The number of carbonyl (C=O) groups is 2. The molecule has 1 atom stereocenters. The monoisotopic (exact) mass is 590 g/mol. The molecule has 5 rings (SSSR count). The van der Waals surface area contributed by atoms with Crippen LogP contribution in [0.3, 0.4) is 0 Å². The molecule has 0 radical (unpaired) electrons. The van der Waals surface area contributed by atoms with E-state index in [1.165, 1.54) is 58.7 Å². The summed E-state index contributed by atoms with van der Waals surface area (Å²) in [6.07, 6.45) is 6.15. The number of imidazole rings is 1. The van der Waals surface area contributed by atoms with Crippen molar-refractivity contribution in [2.45, 2.75) is 57.3 Å². The van der Waals surface area contributed by atoms with E-state index in [9.17, 15) is 23.6 Å². The number of amides is 2.